The fraction of sp³-hybridized carbons (Fsp3) is 0.0909. The van der Waals surface area contributed by atoms with E-state index in [9.17, 15) is 14.7 Å². The molecular weight excluding hydrogens is 340 g/mol. The second kappa shape index (κ2) is 8.67. The predicted octanol–water partition coefficient (Wildman–Crippen LogP) is 3.09. The molecule has 0 fully saturated rings. The molecule has 27 heavy (non-hydrogen) atoms. The van der Waals surface area contributed by atoms with E-state index in [1.165, 1.54) is 6.07 Å². The van der Waals surface area contributed by atoms with E-state index in [1.54, 1.807) is 18.2 Å². The maximum absolute atomic E-state index is 13.0. The van der Waals surface area contributed by atoms with Crippen molar-refractivity contribution in [3.05, 3.63) is 102 Å². The average molecular weight is 360 g/mol. The largest absolute Gasteiger partial charge is 0.508 e. The molecule has 0 aliphatic heterocycles. The number of amides is 2. The highest BCUT2D eigenvalue weighted by atomic mass is 16.3. The van der Waals surface area contributed by atoms with E-state index in [0.29, 0.717) is 12.0 Å². The molecule has 0 aliphatic rings. The number of benzene rings is 3. The van der Waals surface area contributed by atoms with Crippen molar-refractivity contribution < 1.29 is 14.7 Å². The Bertz CT molecular complexity index is 858. The summed E-state index contributed by atoms with van der Waals surface area (Å²) in [5.41, 5.74) is 2.17. The lowest BCUT2D eigenvalue weighted by atomic mass is 9.97. The minimum Gasteiger partial charge on any atom is -0.508 e. The smallest absolute Gasteiger partial charge is 0.248 e. The van der Waals surface area contributed by atoms with E-state index >= 15 is 0 Å². The lowest BCUT2D eigenvalue weighted by Crippen LogP contribution is -2.39. The van der Waals surface area contributed by atoms with Crippen molar-refractivity contribution in [1.82, 2.24) is 10.6 Å². The Labute approximate surface area is 157 Å². The average Bonchev–Trinajstić information content (AvgIpc) is 2.72. The lowest BCUT2D eigenvalue weighted by molar-refractivity contribution is -0.126. The van der Waals surface area contributed by atoms with Gasteiger partial charge in [-0.3, -0.25) is 9.59 Å². The third kappa shape index (κ3) is 4.33. The number of phenolic OH excluding ortho intramolecular Hbond substituents is 1. The van der Waals surface area contributed by atoms with Crippen LogP contribution in [0.5, 0.6) is 5.75 Å². The van der Waals surface area contributed by atoms with Crippen molar-refractivity contribution in [2.45, 2.75) is 12.1 Å². The van der Waals surface area contributed by atoms with Crippen LogP contribution in [0.15, 0.2) is 84.9 Å². The van der Waals surface area contributed by atoms with Crippen LogP contribution < -0.4 is 10.6 Å². The van der Waals surface area contributed by atoms with Gasteiger partial charge in [-0.1, -0.05) is 78.9 Å². The van der Waals surface area contributed by atoms with Crippen LogP contribution in [0.3, 0.4) is 0 Å². The molecule has 0 aliphatic carbocycles. The van der Waals surface area contributed by atoms with Crippen molar-refractivity contribution >= 4 is 12.3 Å². The van der Waals surface area contributed by atoms with Crippen LogP contribution in [0.1, 0.15) is 28.8 Å². The highest BCUT2D eigenvalue weighted by molar-refractivity contribution is 5.86. The molecule has 0 heterocycles. The Morgan fingerprint density at radius 1 is 0.815 bits per heavy atom. The Kier molecular flexibility index (Phi) is 5.84. The third-order valence-corrected chi connectivity index (χ3v) is 4.30. The maximum atomic E-state index is 13.0. The summed E-state index contributed by atoms with van der Waals surface area (Å²) in [6.07, 6.45) is 0.455. The maximum Gasteiger partial charge on any atom is 0.248 e. The molecule has 3 N–H and O–H groups in total. The molecule has 3 aromatic rings. The Morgan fingerprint density at radius 3 is 1.85 bits per heavy atom. The van der Waals surface area contributed by atoms with Gasteiger partial charge in [-0.2, -0.15) is 0 Å². The number of aromatic hydroxyl groups is 1. The fourth-order valence-corrected chi connectivity index (χ4v) is 2.98. The van der Waals surface area contributed by atoms with Gasteiger partial charge < -0.3 is 15.7 Å². The zero-order valence-corrected chi connectivity index (χ0v) is 14.6. The number of carbonyl (C=O) groups excluding carboxylic acids is 2. The van der Waals surface area contributed by atoms with Gasteiger partial charge in [0.2, 0.25) is 12.3 Å². The quantitative estimate of drug-likeness (QED) is 0.567. The van der Waals surface area contributed by atoms with Crippen LogP contribution in [0.2, 0.25) is 0 Å². The van der Waals surface area contributed by atoms with Gasteiger partial charge in [-0.25, -0.2) is 0 Å². The van der Waals surface area contributed by atoms with Gasteiger partial charge in [0.25, 0.3) is 0 Å². The molecule has 3 rings (SSSR count). The van der Waals surface area contributed by atoms with Crippen LogP contribution in [0.4, 0.5) is 0 Å². The summed E-state index contributed by atoms with van der Waals surface area (Å²) in [5, 5.41) is 15.6. The van der Waals surface area contributed by atoms with E-state index in [4.69, 9.17) is 0 Å². The Balaban J connectivity index is 1.93. The summed E-state index contributed by atoms with van der Waals surface area (Å²) in [4.78, 5) is 24.1. The van der Waals surface area contributed by atoms with Crippen molar-refractivity contribution in [2.75, 3.05) is 0 Å². The molecule has 1 unspecified atom stereocenters. The number of nitrogens with one attached hydrogen (secondary N) is 2. The topological polar surface area (TPSA) is 78.4 Å². The molecular formula is C22H20N2O3. The number of hydrogen-bond acceptors (Lipinski definition) is 3. The zero-order valence-electron chi connectivity index (χ0n) is 14.6. The van der Waals surface area contributed by atoms with Crippen LogP contribution in [-0.4, -0.2) is 17.4 Å². The zero-order chi connectivity index (χ0) is 19.1. The Morgan fingerprint density at radius 2 is 1.33 bits per heavy atom. The van der Waals surface area contributed by atoms with E-state index in [0.717, 1.165) is 11.1 Å². The first-order valence-corrected chi connectivity index (χ1v) is 8.58. The predicted molar refractivity (Wildman–Crippen MR) is 103 cm³/mol. The number of para-hydroxylation sites is 1. The van der Waals surface area contributed by atoms with Crippen molar-refractivity contribution in [3.63, 3.8) is 0 Å². The van der Waals surface area contributed by atoms with E-state index in [2.05, 4.69) is 10.6 Å². The monoisotopic (exact) mass is 360 g/mol. The molecule has 0 aromatic heterocycles. The van der Waals surface area contributed by atoms with E-state index in [1.807, 2.05) is 60.7 Å². The van der Waals surface area contributed by atoms with Gasteiger partial charge in [-0.05, 0) is 17.2 Å². The molecule has 5 heteroatoms. The van der Waals surface area contributed by atoms with Gasteiger partial charge in [-0.15, -0.1) is 0 Å². The molecule has 2 amide bonds. The molecule has 3 aromatic carbocycles. The van der Waals surface area contributed by atoms with E-state index in [-0.39, 0.29) is 11.8 Å². The first-order chi connectivity index (χ1) is 13.2. The van der Waals surface area contributed by atoms with Gasteiger partial charge in [0.1, 0.15) is 11.8 Å². The molecule has 0 saturated heterocycles. The fourth-order valence-electron chi connectivity index (χ4n) is 2.98. The third-order valence-electron chi connectivity index (χ3n) is 4.30. The van der Waals surface area contributed by atoms with Crippen molar-refractivity contribution in [1.29, 1.82) is 0 Å². The number of phenols is 1. The van der Waals surface area contributed by atoms with Crippen molar-refractivity contribution in [3.8, 4) is 5.75 Å². The first-order valence-electron chi connectivity index (χ1n) is 8.58. The first kappa shape index (κ1) is 18.2. The van der Waals surface area contributed by atoms with Gasteiger partial charge in [0, 0.05) is 5.56 Å². The SMILES string of the molecule is O=CNC(C(=O)NC(c1ccccc1)c1ccccc1)c1ccccc1O. The molecule has 0 spiro atoms. The summed E-state index contributed by atoms with van der Waals surface area (Å²) in [5.74, 6) is -0.468. The summed E-state index contributed by atoms with van der Waals surface area (Å²) in [6.45, 7) is 0. The molecule has 0 saturated carbocycles. The highest BCUT2D eigenvalue weighted by Crippen LogP contribution is 2.26. The minimum absolute atomic E-state index is 0.0528. The van der Waals surface area contributed by atoms with Gasteiger partial charge >= 0.3 is 0 Å². The van der Waals surface area contributed by atoms with Crippen molar-refractivity contribution in [2.24, 2.45) is 0 Å². The van der Waals surface area contributed by atoms with Crippen LogP contribution in [-0.2, 0) is 9.59 Å². The summed E-state index contributed by atoms with van der Waals surface area (Å²) in [6, 6.07) is 24.2. The van der Waals surface area contributed by atoms with Crippen LogP contribution in [0.25, 0.3) is 0 Å². The molecule has 5 nitrogen and oxygen atoms in total. The normalized spacial score (nSPS) is 11.6. The van der Waals surface area contributed by atoms with Gasteiger partial charge in [0.15, 0.2) is 0 Å². The summed E-state index contributed by atoms with van der Waals surface area (Å²) >= 11 is 0. The van der Waals surface area contributed by atoms with Gasteiger partial charge in [0.05, 0.1) is 6.04 Å². The second-order valence-corrected chi connectivity index (χ2v) is 6.04. The summed E-state index contributed by atoms with van der Waals surface area (Å²) in [7, 11) is 0. The molecule has 0 radical (unpaired) electrons. The number of carbonyl (C=O) groups is 2. The minimum atomic E-state index is -1.00. The number of rotatable bonds is 7. The Hall–Kier alpha value is -3.60. The number of hydrogen-bond donors (Lipinski definition) is 3. The molecule has 1 atom stereocenters. The molecule has 0 bridgehead atoms. The summed E-state index contributed by atoms with van der Waals surface area (Å²) < 4.78 is 0. The van der Waals surface area contributed by atoms with Crippen LogP contribution in [0, 0.1) is 0 Å². The lowest BCUT2D eigenvalue weighted by Gasteiger charge is -2.24. The molecule has 136 valence electrons. The second-order valence-electron chi connectivity index (χ2n) is 6.04. The standard InChI is InChI=1S/C22H20N2O3/c25-15-23-21(18-13-7-8-14-19(18)26)22(27)24-20(16-9-3-1-4-10-16)17-11-5-2-6-12-17/h1-15,20-21,26H,(H,23,25)(H,24,27). The van der Waals surface area contributed by atoms with E-state index < -0.39 is 11.9 Å². The highest BCUT2D eigenvalue weighted by Gasteiger charge is 2.26. The van der Waals surface area contributed by atoms with Crippen LogP contribution >= 0.6 is 0 Å².